The molecular weight excluding hydrogens is 232 g/mol. The van der Waals surface area contributed by atoms with Crippen LogP contribution in [0.5, 0.6) is 5.88 Å². The van der Waals surface area contributed by atoms with Crippen molar-refractivity contribution in [3.63, 3.8) is 0 Å². The summed E-state index contributed by atoms with van der Waals surface area (Å²) in [6, 6.07) is 7.47. The third-order valence-electron chi connectivity index (χ3n) is 2.68. The second kappa shape index (κ2) is 5.35. The summed E-state index contributed by atoms with van der Waals surface area (Å²) in [6.45, 7) is 0.548. The first-order chi connectivity index (χ1) is 8.70. The first-order valence-electron chi connectivity index (χ1n) is 5.53. The number of ether oxygens (including phenoxy) is 1. The van der Waals surface area contributed by atoms with Crippen LogP contribution in [0.25, 0.3) is 0 Å². The lowest BCUT2D eigenvalue weighted by Gasteiger charge is -2.10. The van der Waals surface area contributed by atoms with E-state index in [1.807, 2.05) is 28.8 Å². The maximum atomic E-state index is 10.8. The molecule has 0 aliphatic heterocycles. The van der Waals surface area contributed by atoms with Crippen LogP contribution in [0.2, 0.25) is 0 Å². The number of hydrogen-bond acceptors (Lipinski definition) is 3. The van der Waals surface area contributed by atoms with Crippen molar-refractivity contribution < 1.29 is 14.6 Å². The molecule has 1 heterocycles. The topological polar surface area (TPSA) is 64.4 Å². The van der Waals surface area contributed by atoms with Gasteiger partial charge in [-0.2, -0.15) is 0 Å². The Labute approximate surface area is 105 Å². The number of imidazole rings is 1. The number of aromatic nitrogens is 2. The number of aliphatic carboxylic acids is 1. The lowest BCUT2D eigenvalue weighted by atomic mass is 10.0. The summed E-state index contributed by atoms with van der Waals surface area (Å²) in [4.78, 5) is 14.8. The predicted molar refractivity (Wildman–Crippen MR) is 65.7 cm³/mol. The molecule has 18 heavy (non-hydrogen) atoms. The molecule has 0 fully saturated rings. The highest BCUT2D eigenvalue weighted by Crippen LogP contribution is 2.16. The number of rotatable bonds is 5. The van der Waals surface area contributed by atoms with E-state index >= 15 is 0 Å². The van der Waals surface area contributed by atoms with Crippen LogP contribution >= 0.6 is 0 Å². The monoisotopic (exact) mass is 246 g/mol. The Balaban J connectivity index is 2.26. The van der Waals surface area contributed by atoms with E-state index in [4.69, 9.17) is 9.84 Å². The Morgan fingerprint density at radius 2 is 2.11 bits per heavy atom. The van der Waals surface area contributed by atoms with Gasteiger partial charge in [-0.3, -0.25) is 9.36 Å². The van der Waals surface area contributed by atoms with Crippen LogP contribution in [-0.4, -0.2) is 27.7 Å². The summed E-state index contributed by atoms with van der Waals surface area (Å²) in [5, 5.41) is 8.87. The van der Waals surface area contributed by atoms with Gasteiger partial charge in [-0.15, -0.1) is 0 Å². The van der Waals surface area contributed by atoms with Gasteiger partial charge < -0.3 is 9.84 Å². The summed E-state index contributed by atoms with van der Waals surface area (Å²) in [7, 11) is 1.58. The first kappa shape index (κ1) is 12.2. The number of carboxylic acids is 1. The van der Waals surface area contributed by atoms with E-state index in [-0.39, 0.29) is 6.42 Å². The Bertz CT molecular complexity index is 549. The maximum Gasteiger partial charge on any atom is 0.307 e. The fourth-order valence-electron chi connectivity index (χ4n) is 1.83. The molecule has 1 aromatic carbocycles. The van der Waals surface area contributed by atoms with Crippen LogP contribution in [0.3, 0.4) is 0 Å². The largest absolute Gasteiger partial charge is 0.481 e. The Kier molecular flexibility index (Phi) is 3.62. The van der Waals surface area contributed by atoms with E-state index in [0.29, 0.717) is 12.4 Å². The molecule has 2 rings (SSSR count). The van der Waals surface area contributed by atoms with Crippen molar-refractivity contribution in [2.75, 3.05) is 7.11 Å². The molecule has 0 aliphatic rings. The molecule has 0 saturated heterocycles. The van der Waals surface area contributed by atoms with Crippen molar-refractivity contribution >= 4 is 5.97 Å². The molecule has 0 radical (unpaired) electrons. The van der Waals surface area contributed by atoms with Gasteiger partial charge in [0, 0.05) is 0 Å². The fraction of sp³-hybridized carbons (Fsp3) is 0.231. The molecule has 0 unspecified atom stereocenters. The zero-order valence-corrected chi connectivity index (χ0v) is 10.0. The van der Waals surface area contributed by atoms with E-state index in [0.717, 1.165) is 11.1 Å². The Morgan fingerprint density at radius 3 is 2.78 bits per heavy atom. The van der Waals surface area contributed by atoms with Gasteiger partial charge in [-0.1, -0.05) is 24.3 Å². The molecule has 0 aliphatic carbocycles. The molecule has 5 heteroatoms. The van der Waals surface area contributed by atoms with Crippen LogP contribution in [0.4, 0.5) is 0 Å². The summed E-state index contributed by atoms with van der Waals surface area (Å²) in [6.07, 6.45) is 3.31. The zero-order valence-electron chi connectivity index (χ0n) is 10.0. The smallest absolute Gasteiger partial charge is 0.307 e. The Hall–Kier alpha value is -2.30. The van der Waals surface area contributed by atoms with Crippen LogP contribution in [0.15, 0.2) is 36.8 Å². The molecule has 0 saturated carbocycles. The molecule has 5 nitrogen and oxygen atoms in total. The van der Waals surface area contributed by atoms with Gasteiger partial charge in [0.25, 0.3) is 0 Å². The van der Waals surface area contributed by atoms with Gasteiger partial charge in [-0.25, -0.2) is 4.98 Å². The minimum atomic E-state index is -0.833. The quantitative estimate of drug-likeness (QED) is 0.869. The van der Waals surface area contributed by atoms with Crippen LogP contribution in [0, 0.1) is 0 Å². The van der Waals surface area contributed by atoms with E-state index in [9.17, 15) is 4.79 Å². The van der Waals surface area contributed by atoms with Gasteiger partial charge in [0.15, 0.2) is 0 Å². The number of methoxy groups -OCH3 is 1. The number of carbonyl (C=O) groups is 1. The standard InChI is InChI=1S/C13H14N2O3/c1-18-12-7-14-9-15(12)8-11-5-3-2-4-10(11)6-13(16)17/h2-5,7,9H,6,8H2,1H3,(H,16,17). The summed E-state index contributed by atoms with van der Waals surface area (Å²) in [5.74, 6) is -0.180. The summed E-state index contributed by atoms with van der Waals surface area (Å²) in [5.41, 5.74) is 1.76. The molecule has 2 aromatic rings. The molecule has 0 amide bonds. The van der Waals surface area contributed by atoms with Gasteiger partial charge in [0.1, 0.15) is 0 Å². The van der Waals surface area contributed by atoms with Crippen LogP contribution in [0.1, 0.15) is 11.1 Å². The van der Waals surface area contributed by atoms with Crippen molar-refractivity contribution in [2.24, 2.45) is 0 Å². The predicted octanol–water partition coefficient (Wildman–Crippen LogP) is 1.57. The average Bonchev–Trinajstić information content (AvgIpc) is 2.78. The average molecular weight is 246 g/mol. The van der Waals surface area contributed by atoms with Gasteiger partial charge in [0.2, 0.25) is 5.88 Å². The lowest BCUT2D eigenvalue weighted by Crippen LogP contribution is -2.07. The molecule has 1 N–H and O–H groups in total. The molecule has 94 valence electrons. The molecule has 0 bridgehead atoms. The van der Waals surface area contributed by atoms with Crippen molar-refractivity contribution in [3.8, 4) is 5.88 Å². The molecule has 1 aromatic heterocycles. The minimum absolute atomic E-state index is 0.0210. The number of benzene rings is 1. The van der Waals surface area contributed by atoms with Crippen molar-refractivity contribution in [3.05, 3.63) is 47.9 Å². The number of carboxylic acid groups (broad SMARTS) is 1. The van der Waals surface area contributed by atoms with Gasteiger partial charge in [-0.05, 0) is 11.1 Å². The van der Waals surface area contributed by atoms with Crippen LogP contribution in [-0.2, 0) is 17.8 Å². The number of hydrogen-bond donors (Lipinski definition) is 1. The van der Waals surface area contributed by atoms with E-state index in [2.05, 4.69) is 4.98 Å². The normalized spacial score (nSPS) is 10.3. The Morgan fingerprint density at radius 1 is 1.39 bits per heavy atom. The van der Waals surface area contributed by atoms with Crippen molar-refractivity contribution in [1.82, 2.24) is 9.55 Å². The second-order valence-electron chi connectivity index (χ2n) is 3.90. The molecular formula is C13H14N2O3. The van der Waals surface area contributed by atoms with E-state index in [1.54, 1.807) is 19.6 Å². The van der Waals surface area contributed by atoms with Gasteiger partial charge in [0.05, 0.1) is 32.6 Å². The lowest BCUT2D eigenvalue weighted by molar-refractivity contribution is -0.136. The highest BCUT2D eigenvalue weighted by molar-refractivity contribution is 5.70. The molecule has 0 spiro atoms. The van der Waals surface area contributed by atoms with Crippen LogP contribution < -0.4 is 4.74 Å². The minimum Gasteiger partial charge on any atom is -0.481 e. The van der Waals surface area contributed by atoms with Crippen molar-refractivity contribution in [1.29, 1.82) is 0 Å². The summed E-state index contributed by atoms with van der Waals surface area (Å²) < 4.78 is 7.00. The first-order valence-corrected chi connectivity index (χ1v) is 5.53. The number of nitrogens with zero attached hydrogens (tertiary/aromatic N) is 2. The van der Waals surface area contributed by atoms with Crippen molar-refractivity contribution in [2.45, 2.75) is 13.0 Å². The maximum absolute atomic E-state index is 10.8. The third kappa shape index (κ3) is 2.68. The van der Waals surface area contributed by atoms with Gasteiger partial charge >= 0.3 is 5.97 Å². The third-order valence-corrected chi connectivity index (χ3v) is 2.68. The second-order valence-corrected chi connectivity index (χ2v) is 3.90. The van der Waals surface area contributed by atoms with E-state index < -0.39 is 5.97 Å². The summed E-state index contributed by atoms with van der Waals surface area (Å²) >= 11 is 0. The highest BCUT2D eigenvalue weighted by atomic mass is 16.5. The molecule has 0 atom stereocenters. The SMILES string of the molecule is COc1cncn1Cc1ccccc1CC(=O)O. The fourth-order valence-corrected chi connectivity index (χ4v) is 1.83. The zero-order chi connectivity index (χ0) is 13.0. The van der Waals surface area contributed by atoms with E-state index in [1.165, 1.54) is 0 Å². The highest BCUT2D eigenvalue weighted by Gasteiger charge is 2.08.